The first kappa shape index (κ1) is 11.5. The van der Waals surface area contributed by atoms with Crippen LogP contribution in [0.25, 0.3) is 0 Å². The highest BCUT2D eigenvalue weighted by Gasteiger charge is 2.12. The van der Waals surface area contributed by atoms with Crippen LogP contribution in [0.4, 0.5) is 4.79 Å². The summed E-state index contributed by atoms with van der Waals surface area (Å²) in [6, 6.07) is 7.35. The molecule has 15 heavy (non-hydrogen) atoms. The van der Waals surface area contributed by atoms with Gasteiger partial charge in [0.1, 0.15) is 5.75 Å². The molecule has 0 spiro atoms. The molecule has 1 rings (SSSR count). The molecule has 4 heteroatoms. The van der Waals surface area contributed by atoms with Gasteiger partial charge in [0.25, 0.3) is 0 Å². The van der Waals surface area contributed by atoms with Gasteiger partial charge in [-0.25, -0.2) is 14.8 Å². The lowest BCUT2D eigenvalue weighted by Crippen LogP contribution is -2.40. The first-order valence-electron chi connectivity index (χ1n) is 4.70. The van der Waals surface area contributed by atoms with Gasteiger partial charge in [-0.1, -0.05) is 17.7 Å². The molecule has 0 heterocycles. The van der Waals surface area contributed by atoms with Crippen molar-refractivity contribution in [2.75, 3.05) is 21.1 Å². The summed E-state index contributed by atoms with van der Waals surface area (Å²) in [6.45, 7) is 1.98. The molecule has 1 aromatic rings. The van der Waals surface area contributed by atoms with Gasteiger partial charge in [-0.3, -0.25) is 0 Å². The minimum absolute atomic E-state index is 0.399. The van der Waals surface area contributed by atoms with Gasteiger partial charge < -0.3 is 4.74 Å². The van der Waals surface area contributed by atoms with Gasteiger partial charge >= 0.3 is 6.09 Å². The van der Waals surface area contributed by atoms with Gasteiger partial charge in [-0.05, 0) is 19.1 Å². The lowest BCUT2D eigenvalue weighted by atomic mass is 10.2. The highest BCUT2D eigenvalue weighted by molar-refractivity contribution is 5.69. The van der Waals surface area contributed by atoms with Gasteiger partial charge in [0, 0.05) is 21.1 Å². The van der Waals surface area contributed by atoms with Crippen molar-refractivity contribution in [3.05, 3.63) is 29.8 Å². The largest absolute Gasteiger partial charge is 0.429 e. The Kier molecular flexibility index (Phi) is 3.68. The first-order chi connectivity index (χ1) is 7.00. The van der Waals surface area contributed by atoms with Crippen LogP contribution in [0.3, 0.4) is 0 Å². The van der Waals surface area contributed by atoms with Crippen molar-refractivity contribution in [2.24, 2.45) is 0 Å². The van der Waals surface area contributed by atoms with E-state index < -0.39 is 6.09 Å². The maximum absolute atomic E-state index is 11.5. The molecule has 0 bridgehead atoms. The molecule has 0 saturated heterocycles. The zero-order valence-electron chi connectivity index (χ0n) is 9.52. The average Bonchev–Trinajstić information content (AvgIpc) is 2.20. The minimum Gasteiger partial charge on any atom is -0.409 e. The number of hydrazine groups is 1. The van der Waals surface area contributed by atoms with Crippen LogP contribution in [0.15, 0.2) is 24.3 Å². The number of carbonyl (C=O) groups is 1. The Morgan fingerprint density at radius 1 is 1.13 bits per heavy atom. The van der Waals surface area contributed by atoms with E-state index >= 15 is 0 Å². The van der Waals surface area contributed by atoms with E-state index in [1.165, 1.54) is 5.01 Å². The highest BCUT2D eigenvalue weighted by Crippen LogP contribution is 2.12. The third-order valence-corrected chi connectivity index (χ3v) is 2.09. The van der Waals surface area contributed by atoms with E-state index in [0.717, 1.165) is 5.56 Å². The third-order valence-electron chi connectivity index (χ3n) is 2.09. The molecule has 1 amide bonds. The smallest absolute Gasteiger partial charge is 0.409 e. The fourth-order valence-corrected chi connectivity index (χ4v) is 0.936. The van der Waals surface area contributed by atoms with Crippen LogP contribution in [-0.2, 0) is 0 Å². The van der Waals surface area contributed by atoms with Crippen molar-refractivity contribution in [1.29, 1.82) is 0 Å². The molecule has 0 aliphatic heterocycles. The van der Waals surface area contributed by atoms with E-state index in [1.807, 2.05) is 19.1 Å². The number of carbonyl (C=O) groups excluding carboxylic acids is 1. The van der Waals surface area contributed by atoms with Crippen LogP contribution < -0.4 is 4.74 Å². The molecule has 0 radical (unpaired) electrons. The second kappa shape index (κ2) is 4.79. The number of benzene rings is 1. The molecule has 0 atom stereocenters. The number of hydrogen-bond acceptors (Lipinski definition) is 3. The Morgan fingerprint density at radius 3 is 2.13 bits per heavy atom. The SMILES string of the molecule is Cc1ccc(OC(=O)N(C)N(C)C)cc1. The molecule has 1 aromatic carbocycles. The molecule has 0 fully saturated rings. The Bertz CT molecular complexity index is 333. The molecular formula is C11H16N2O2. The van der Waals surface area contributed by atoms with E-state index in [-0.39, 0.29) is 0 Å². The fourth-order valence-electron chi connectivity index (χ4n) is 0.936. The van der Waals surface area contributed by atoms with Crippen LogP contribution >= 0.6 is 0 Å². The summed E-state index contributed by atoms with van der Waals surface area (Å²) in [7, 11) is 5.20. The van der Waals surface area contributed by atoms with Gasteiger partial charge in [0.2, 0.25) is 0 Å². The quantitative estimate of drug-likeness (QED) is 0.696. The maximum atomic E-state index is 11.5. The van der Waals surface area contributed by atoms with Crippen LogP contribution in [0.2, 0.25) is 0 Å². The predicted octanol–water partition coefficient (Wildman–Crippen LogP) is 1.90. The van der Waals surface area contributed by atoms with Crippen LogP contribution in [0.1, 0.15) is 5.56 Å². The van der Waals surface area contributed by atoms with E-state index in [2.05, 4.69) is 0 Å². The summed E-state index contributed by atoms with van der Waals surface area (Å²) in [6.07, 6.45) is -0.399. The third kappa shape index (κ3) is 3.25. The molecule has 0 aliphatic carbocycles. The molecule has 0 aliphatic rings. The topological polar surface area (TPSA) is 32.8 Å². The molecule has 0 saturated carbocycles. The van der Waals surface area contributed by atoms with Crippen LogP contribution in [0, 0.1) is 6.92 Å². The number of rotatable bonds is 2. The summed E-state index contributed by atoms with van der Waals surface area (Å²) in [5.41, 5.74) is 1.13. The van der Waals surface area contributed by atoms with Crippen LogP contribution in [-0.4, -0.2) is 37.3 Å². The fraction of sp³-hybridized carbons (Fsp3) is 0.364. The lowest BCUT2D eigenvalue weighted by Gasteiger charge is -2.23. The summed E-state index contributed by atoms with van der Waals surface area (Å²) >= 11 is 0. The van der Waals surface area contributed by atoms with Crippen molar-refractivity contribution in [2.45, 2.75) is 6.92 Å². The second-order valence-corrected chi connectivity index (χ2v) is 3.55. The Morgan fingerprint density at radius 2 is 1.67 bits per heavy atom. The van der Waals surface area contributed by atoms with E-state index in [0.29, 0.717) is 5.75 Å². The van der Waals surface area contributed by atoms with E-state index in [9.17, 15) is 4.79 Å². The highest BCUT2D eigenvalue weighted by atomic mass is 16.6. The zero-order chi connectivity index (χ0) is 11.4. The van der Waals surface area contributed by atoms with Crippen molar-refractivity contribution in [3.8, 4) is 5.75 Å². The van der Waals surface area contributed by atoms with E-state index in [1.54, 1.807) is 38.3 Å². The zero-order valence-corrected chi connectivity index (χ0v) is 9.52. The number of nitrogens with zero attached hydrogens (tertiary/aromatic N) is 2. The summed E-state index contributed by atoms with van der Waals surface area (Å²) in [5, 5.41) is 3.04. The predicted molar refractivity (Wildman–Crippen MR) is 58.7 cm³/mol. The molecule has 0 unspecified atom stereocenters. The van der Waals surface area contributed by atoms with Crippen molar-refractivity contribution in [1.82, 2.24) is 10.0 Å². The summed E-state index contributed by atoms with van der Waals surface area (Å²) < 4.78 is 5.14. The Balaban J connectivity index is 2.62. The number of hydrogen-bond donors (Lipinski definition) is 0. The molecule has 4 nitrogen and oxygen atoms in total. The molecule has 0 aromatic heterocycles. The minimum atomic E-state index is -0.399. The van der Waals surface area contributed by atoms with Crippen molar-refractivity contribution < 1.29 is 9.53 Å². The van der Waals surface area contributed by atoms with Gasteiger partial charge in [-0.2, -0.15) is 0 Å². The Labute approximate surface area is 90.0 Å². The van der Waals surface area contributed by atoms with Crippen molar-refractivity contribution in [3.63, 3.8) is 0 Å². The lowest BCUT2D eigenvalue weighted by molar-refractivity contribution is 0.0588. The molecular weight excluding hydrogens is 192 g/mol. The Hall–Kier alpha value is -1.55. The van der Waals surface area contributed by atoms with Crippen LogP contribution in [0.5, 0.6) is 5.75 Å². The first-order valence-corrected chi connectivity index (χ1v) is 4.70. The molecule has 0 N–H and O–H groups in total. The van der Waals surface area contributed by atoms with Gasteiger partial charge in [0.05, 0.1) is 0 Å². The van der Waals surface area contributed by atoms with Gasteiger partial charge in [-0.15, -0.1) is 0 Å². The summed E-state index contributed by atoms with van der Waals surface area (Å²) in [5.74, 6) is 0.555. The number of ether oxygens (including phenoxy) is 1. The second-order valence-electron chi connectivity index (χ2n) is 3.55. The number of aryl methyl sites for hydroxylation is 1. The van der Waals surface area contributed by atoms with E-state index in [4.69, 9.17) is 4.74 Å². The van der Waals surface area contributed by atoms with Crippen molar-refractivity contribution >= 4 is 6.09 Å². The maximum Gasteiger partial charge on any atom is 0.429 e. The monoisotopic (exact) mass is 208 g/mol. The normalized spacial score (nSPS) is 10.2. The number of amides is 1. The van der Waals surface area contributed by atoms with Gasteiger partial charge in [0.15, 0.2) is 0 Å². The summed E-state index contributed by atoms with van der Waals surface area (Å²) in [4.78, 5) is 11.5. The average molecular weight is 208 g/mol. The standard InChI is InChI=1S/C11H16N2O2/c1-9-5-7-10(8-6-9)15-11(14)13(4)12(2)3/h5-8H,1-4H3. The molecule has 82 valence electrons.